The fraction of sp³-hybridized carbons (Fsp3) is 0.0769. The van der Waals surface area contributed by atoms with Crippen LogP contribution in [0.3, 0.4) is 0 Å². The van der Waals surface area contributed by atoms with Gasteiger partial charge < -0.3 is 5.73 Å². The van der Waals surface area contributed by atoms with Crippen molar-refractivity contribution in [1.29, 1.82) is 0 Å². The molecule has 0 aliphatic heterocycles. The summed E-state index contributed by atoms with van der Waals surface area (Å²) in [5, 5.41) is 15.3. The highest BCUT2D eigenvalue weighted by atomic mass is 32.1. The maximum Gasteiger partial charge on any atom is 0.324 e. The Bertz CT molecular complexity index is 809. The fourth-order valence-corrected chi connectivity index (χ4v) is 2.87. The van der Waals surface area contributed by atoms with Crippen LogP contribution in [0, 0.1) is 10.1 Å². The zero-order chi connectivity index (χ0) is 15.0. The first-order valence-corrected chi connectivity index (χ1v) is 6.87. The van der Waals surface area contributed by atoms with Crippen LogP contribution in [0.25, 0.3) is 21.7 Å². The first-order valence-electron chi connectivity index (χ1n) is 6.05. The summed E-state index contributed by atoms with van der Waals surface area (Å²) in [7, 11) is 1.74. The average Bonchev–Trinajstić information content (AvgIpc) is 3.06. The van der Waals surface area contributed by atoms with E-state index in [9.17, 15) is 10.1 Å². The van der Waals surface area contributed by atoms with Crippen LogP contribution < -0.4 is 5.73 Å². The Morgan fingerprint density at radius 2 is 2.19 bits per heavy atom. The second-order valence-corrected chi connectivity index (χ2v) is 5.43. The molecule has 3 rings (SSSR count). The van der Waals surface area contributed by atoms with E-state index in [1.807, 2.05) is 12.1 Å². The summed E-state index contributed by atoms with van der Waals surface area (Å²) in [5.41, 5.74) is 8.28. The van der Waals surface area contributed by atoms with Gasteiger partial charge in [0.1, 0.15) is 11.5 Å². The summed E-state index contributed by atoms with van der Waals surface area (Å²) in [6, 6.07) is 6.84. The van der Waals surface area contributed by atoms with E-state index in [1.165, 1.54) is 6.07 Å². The van der Waals surface area contributed by atoms with E-state index in [0.717, 1.165) is 22.5 Å². The molecule has 0 bridgehead atoms. The Morgan fingerprint density at radius 1 is 1.38 bits per heavy atom. The second-order valence-electron chi connectivity index (χ2n) is 4.37. The third kappa shape index (κ3) is 2.25. The number of pyridine rings is 1. The molecule has 106 valence electrons. The van der Waals surface area contributed by atoms with E-state index in [-0.39, 0.29) is 5.00 Å². The van der Waals surface area contributed by atoms with Crippen LogP contribution in [0.4, 0.5) is 10.8 Å². The molecule has 0 saturated carbocycles. The molecule has 0 amide bonds. The van der Waals surface area contributed by atoms with Crippen LogP contribution in [0.1, 0.15) is 0 Å². The van der Waals surface area contributed by atoms with E-state index in [1.54, 1.807) is 30.2 Å². The molecule has 2 N–H and O–H groups in total. The zero-order valence-corrected chi connectivity index (χ0v) is 11.9. The van der Waals surface area contributed by atoms with Gasteiger partial charge in [0.25, 0.3) is 0 Å². The molecule has 8 heteroatoms. The lowest BCUT2D eigenvalue weighted by Crippen LogP contribution is -1.98. The first kappa shape index (κ1) is 13.3. The SMILES string of the molecule is Cn1nc(-c2ccc([N+](=O)[O-])s2)c(-c2cccnc2)c1N. The second kappa shape index (κ2) is 4.98. The molecular weight excluding hydrogens is 290 g/mol. The molecule has 0 fully saturated rings. The van der Waals surface area contributed by atoms with Crippen molar-refractivity contribution in [2.75, 3.05) is 5.73 Å². The van der Waals surface area contributed by atoms with Crippen molar-refractivity contribution in [2.24, 2.45) is 7.05 Å². The van der Waals surface area contributed by atoms with Gasteiger partial charge in [0.05, 0.1) is 15.4 Å². The minimum absolute atomic E-state index is 0.0753. The highest BCUT2D eigenvalue weighted by Gasteiger charge is 2.21. The molecular formula is C13H11N5O2S. The van der Waals surface area contributed by atoms with Gasteiger partial charge >= 0.3 is 5.00 Å². The molecule has 3 aromatic rings. The first-order chi connectivity index (χ1) is 10.1. The third-order valence-electron chi connectivity index (χ3n) is 3.05. The molecule has 3 heterocycles. The van der Waals surface area contributed by atoms with Gasteiger partial charge in [-0.3, -0.25) is 19.8 Å². The number of rotatable bonds is 3. The van der Waals surface area contributed by atoms with Crippen LogP contribution in [0.5, 0.6) is 0 Å². The monoisotopic (exact) mass is 301 g/mol. The summed E-state index contributed by atoms with van der Waals surface area (Å²) in [5.74, 6) is 0.494. The molecule has 0 aromatic carbocycles. The molecule has 0 radical (unpaired) electrons. The van der Waals surface area contributed by atoms with E-state index in [4.69, 9.17) is 5.73 Å². The van der Waals surface area contributed by atoms with Crippen molar-refractivity contribution >= 4 is 22.2 Å². The summed E-state index contributed by atoms with van der Waals surface area (Å²) >= 11 is 1.07. The number of hydrogen-bond donors (Lipinski definition) is 1. The predicted molar refractivity (Wildman–Crippen MR) is 80.8 cm³/mol. The van der Waals surface area contributed by atoms with Gasteiger partial charge in [-0.1, -0.05) is 17.4 Å². The fourth-order valence-electron chi connectivity index (χ4n) is 2.06. The lowest BCUT2D eigenvalue weighted by atomic mass is 10.1. The lowest BCUT2D eigenvalue weighted by Gasteiger charge is -2.01. The summed E-state index contributed by atoms with van der Waals surface area (Å²) in [6.07, 6.45) is 3.37. The third-order valence-corrected chi connectivity index (χ3v) is 4.09. The Labute approximate surface area is 123 Å². The summed E-state index contributed by atoms with van der Waals surface area (Å²) in [4.78, 5) is 15.2. The number of nitrogens with zero attached hydrogens (tertiary/aromatic N) is 4. The van der Waals surface area contributed by atoms with Gasteiger partial charge in [0, 0.05) is 31.1 Å². The Hall–Kier alpha value is -2.74. The number of nitro groups is 1. The van der Waals surface area contributed by atoms with Crippen molar-refractivity contribution in [3.8, 4) is 21.7 Å². The van der Waals surface area contributed by atoms with Crippen LogP contribution >= 0.6 is 11.3 Å². The summed E-state index contributed by atoms with van der Waals surface area (Å²) in [6.45, 7) is 0. The van der Waals surface area contributed by atoms with Crippen molar-refractivity contribution in [1.82, 2.24) is 14.8 Å². The van der Waals surface area contributed by atoms with Gasteiger partial charge in [-0.05, 0) is 12.1 Å². The quantitative estimate of drug-likeness (QED) is 0.592. The predicted octanol–water partition coefficient (Wildman–Crippen LogP) is 2.70. The number of anilines is 1. The van der Waals surface area contributed by atoms with E-state index in [2.05, 4.69) is 10.1 Å². The molecule has 0 unspecified atom stereocenters. The molecule has 3 aromatic heterocycles. The molecule has 0 saturated heterocycles. The van der Waals surface area contributed by atoms with Crippen LogP contribution in [0.2, 0.25) is 0 Å². The van der Waals surface area contributed by atoms with Crippen molar-refractivity contribution in [3.05, 3.63) is 46.8 Å². The normalized spacial score (nSPS) is 10.7. The van der Waals surface area contributed by atoms with E-state index in [0.29, 0.717) is 16.4 Å². The van der Waals surface area contributed by atoms with Crippen molar-refractivity contribution in [3.63, 3.8) is 0 Å². The van der Waals surface area contributed by atoms with Crippen molar-refractivity contribution < 1.29 is 4.92 Å². The maximum atomic E-state index is 10.8. The molecule has 21 heavy (non-hydrogen) atoms. The largest absolute Gasteiger partial charge is 0.383 e. The maximum absolute atomic E-state index is 10.8. The molecule has 0 aliphatic rings. The molecule has 0 spiro atoms. The molecule has 7 nitrogen and oxygen atoms in total. The number of aromatic nitrogens is 3. The van der Waals surface area contributed by atoms with E-state index < -0.39 is 4.92 Å². The average molecular weight is 301 g/mol. The highest BCUT2D eigenvalue weighted by Crippen LogP contribution is 2.40. The van der Waals surface area contributed by atoms with Crippen molar-refractivity contribution in [2.45, 2.75) is 0 Å². The lowest BCUT2D eigenvalue weighted by molar-refractivity contribution is -0.380. The minimum Gasteiger partial charge on any atom is -0.383 e. The number of thiophene rings is 1. The van der Waals surface area contributed by atoms with Crippen LogP contribution in [-0.2, 0) is 7.05 Å². The van der Waals surface area contributed by atoms with Crippen LogP contribution in [0.15, 0.2) is 36.7 Å². The zero-order valence-electron chi connectivity index (χ0n) is 11.1. The van der Waals surface area contributed by atoms with Gasteiger partial charge in [0.2, 0.25) is 0 Å². The standard InChI is InChI=1S/C13H11N5O2S/c1-17-13(14)11(8-3-2-6-15-7-8)12(16-17)9-4-5-10(21-9)18(19)20/h2-7H,14H2,1H3. The minimum atomic E-state index is -0.412. The number of nitrogens with two attached hydrogens (primary N) is 1. The van der Waals surface area contributed by atoms with Gasteiger partial charge in [-0.2, -0.15) is 5.10 Å². The smallest absolute Gasteiger partial charge is 0.324 e. The molecule has 0 aliphatic carbocycles. The summed E-state index contributed by atoms with van der Waals surface area (Å²) < 4.78 is 1.56. The van der Waals surface area contributed by atoms with Crippen LogP contribution in [-0.4, -0.2) is 19.7 Å². The van der Waals surface area contributed by atoms with E-state index >= 15 is 0 Å². The van der Waals surface area contributed by atoms with Gasteiger partial charge in [-0.25, -0.2) is 0 Å². The van der Waals surface area contributed by atoms with Gasteiger partial charge in [0.15, 0.2) is 0 Å². The molecule has 0 atom stereocenters. The number of nitrogen functional groups attached to an aromatic ring is 1. The Balaban J connectivity index is 2.19. The Morgan fingerprint density at radius 3 is 2.81 bits per heavy atom. The topological polar surface area (TPSA) is 99.9 Å². The number of hydrogen-bond acceptors (Lipinski definition) is 6. The number of aryl methyl sites for hydroxylation is 1. The highest BCUT2D eigenvalue weighted by molar-refractivity contribution is 7.18. The van der Waals surface area contributed by atoms with Gasteiger partial charge in [-0.15, -0.1) is 0 Å². The Kier molecular flexibility index (Phi) is 3.15.